The second-order valence-electron chi connectivity index (χ2n) is 14.4. The van der Waals surface area contributed by atoms with Crippen molar-refractivity contribution < 1.29 is 0 Å². The van der Waals surface area contributed by atoms with Crippen LogP contribution in [-0.4, -0.2) is 9.78 Å². The molecule has 0 radical (unpaired) electrons. The molecule has 2 heterocycles. The molecule has 0 bridgehead atoms. The monoisotopic (exact) mass is 685 g/mol. The van der Waals surface area contributed by atoms with Crippen LogP contribution in [0.5, 0.6) is 0 Å². The summed E-state index contributed by atoms with van der Waals surface area (Å²) in [5, 5.41) is 15.4. The molecule has 7 aromatic rings. The molecule has 0 aliphatic carbocycles. The molecule has 256 valence electrons. The van der Waals surface area contributed by atoms with Crippen molar-refractivity contribution >= 4 is 22.7 Å². The molecule has 1 aromatic heterocycles. The smallest absolute Gasteiger partial charge is 0.187 e. The number of fused-ring (bicyclic) bond motifs is 2. The fourth-order valence-electron chi connectivity index (χ4n) is 8.18. The average Bonchev–Trinajstić information content (AvgIpc) is 3.59. The van der Waals surface area contributed by atoms with Gasteiger partial charge in [-0.15, -0.1) is 0 Å². The van der Waals surface area contributed by atoms with Gasteiger partial charge in [0.2, 0.25) is 0 Å². The number of anilines is 3. The van der Waals surface area contributed by atoms with Crippen LogP contribution in [0, 0.1) is 45.6 Å². The third-order valence-electron chi connectivity index (χ3n) is 11.1. The average molecular weight is 686 g/mol. The number of para-hydroxylation sites is 1. The highest BCUT2D eigenvalue weighted by molar-refractivity contribution is 5.98. The van der Waals surface area contributed by atoms with Crippen molar-refractivity contribution in [1.82, 2.24) is 9.78 Å². The van der Waals surface area contributed by atoms with Gasteiger partial charge in [-0.05, 0) is 103 Å². The molecule has 6 aromatic carbocycles. The van der Waals surface area contributed by atoms with Crippen LogP contribution < -0.4 is 4.90 Å². The van der Waals surface area contributed by atoms with Crippen LogP contribution in [0.25, 0.3) is 44.2 Å². The van der Waals surface area contributed by atoms with Gasteiger partial charge >= 0.3 is 0 Å². The Morgan fingerprint density at radius 2 is 1.19 bits per heavy atom. The van der Waals surface area contributed by atoms with Gasteiger partial charge in [-0.3, -0.25) is 0 Å². The van der Waals surface area contributed by atoms with Crippen LogP contribution in [0.4, 0.5) is 22.7 Å². The summed E-state index contributed by atoms with van der Waals surface area (Å²) < 4.78 is 2.10. The third kappa shape index (κ3) is 5.24. The van der Waals surface area contributed by atoms with Gasteiger partial charge in [0.15, 0.2) is 5.69 Å². The summed E-state index contributed by atoms with van der Waals surface area (Å²) >= 11 is 0. The van der Waals surface area contributed by atoms with Crippen molar-refractivity contribution in [2.24, 2.45) is 0 Å². The summed E-state index contributed by atoms with van der Waals surface area (Å²) in [5.41, 5.74) is 18.1. The Balaban J connectivity index is 1.46. The van der Waals surface area contributed by atoms with Crippen molar-refractivity contribution in [2.75, 3.05) is 4.90 Å². The number of benzene rings is 6. The molecular formula is C48H39N5. The van der Waals surface area contributed by atoms with E-state index in [1.807, 2.05) is 36.4 Å². The van der Waals surface area contributed by atoms with E-state index in [0.717, 1.165) is 73.1 Å². The van der Waals surface area contributed by atoms with Gasteiger partial charge in [0.05, 0.1) is 41.0 Å². The molecule has 0 unspecified atom stereocenters. The zero-order chi connectivity index (χ0) is 37.0. The van der Waals surface area contributed by atoms with Crippen molar-refractivity contribution in [1.29, 1.82) is 5.26 Å². The molecule has 8 rings (SSSR count). The quantitative estimate of drug-likeness (QED) is 0.169. The maximum atomic E-state index is 9.94. The molecule has 0 spiro atoms. The largest absolute Gasteiger partial charge is 0.309 e. The Kier molecular flexibility index (Phi) is 8.09. The Bertz CT molecular complexity index is 2540. The molecule has 1 aliphatic rings. The molecule has 53 heavy (non-hydrogen) atoms. The van der Waals surface area contributed by atoms with Crippen molar-refractivity contribution in [3.8, 4) is 45.4 Å². The number of nitrogens with zero attached hydrogens (tertiary/aromatic N) is 5. The number of hydrogen-bond donors (Lipinski definition) is 0. The first kappa shape index (κ1) is 33.5. The lowest BCUT2D eigenvalue weighted by atomic mass is 9.72. The van der Waals surface area contributed by atoms with Gasteiger partial charge in [-0.1, -0.05) is 105 Å². The van der Waals surface area contributed by atoms with E-state index in [-0.39, 0.29) is 0 Å². The maximum Gasteiger partial charge on any atom is 0.187 e. The first-order valence-electron chi connectivity index (χ1n) is 17.9. The third-order valence-corrected chi connectivity index (χ3v) is 11.1. The van der Waals surface area contributed by atoms with E-state index in [2.05, 4.69) is 153 Å². The maximum absolute atomic E-state index is 9.94. The lowest BCUT2D eigenvalue weighted by molar-refractivity contribution is 0.632. The van der Waals surface area contributed by atoms with E-state index < -0.39 is 5.41 Å². The fourth-order valence-corrected chi connectivity index (χ4v) is 8.18. The van der Waals surface area contributed by atoms with Crippen LogP contribution in [-0.2, 0) is 5.41 Å². The molecule has 0 amide bonds. The lowest BCUT2D eigenvalue weighted by Gasteiger charge is -2.43. The first-order chi connectivity index (χ1) is 25.6. The van der Waals surface area contributed by atoms with E-state index in [9.17, 15) is 5.26 Å². The van der Waals surface area contributed by atoms with Crippen molar-refractivity contribution in [2.45, 2.75) is 47.0 Å². The van der Waals surface area contributed by atoms with E-state index in [0.29, 0.717) is 11.3 Å². The van der Waals surface area contributed by atoms with Gasteiger partial charge in [-0.25, -0.2) is 9.53 Å². The second-order valence-corrected chi connectivity index (χ2v) is 14.4. The zero-order valence-corrected chi connectivity index (χ0v) is 30.9. The Labute approximate surface area is 311 Å². The minimum absolute atomic E-state index is 0.429. The molecule has 0 saturated heterocycles. The Morgan fingerprint density at radius 1 is 0.642 bits per heavy atom. The SMILES string of the molecule is [C-]#[N+]c1ccc2c(c1)C(C)(C)c1cc(C#N)ccc1N2c1c(C)c(C)c(-c2c(-c3ccccc3)nn(-c3ccccc3)c2-c2ccccc2)c(C)c1C. The van der Waals surface area contributed by atoms with Gasteiger partial charge < -0.3 is 4.90 Å². The summed E-state index contributed by atoms with van der Waals surface area (Å²) in [5.74, 6) is 0. The summed E-state index contributed by atoms with van der Waals surface area (Å²) in [6.07, 6.45) is 0. The normalized spacial score (nSPS) is 12.8. The predicted molar refractivity (Wildman–Crippen MR) is 217 cm³/mol. The topological polar surface area (TPSA) is 49.2 Å². The number of hydrogen-bond acceptors (Lipinski definition) is 3. The molecule has 0 N–H and O–H groups in total. The molecule has 5 heteroatoms. The predicted octanol–water partition coefficient (Wildman–Crippen LogP) is 12.6. The summed E-state index contributed by atoms with van der Waals surface area (Å²) in [6, 6.07) is 45.8. The molecule has 1 aliphatic heterocycles. The van der Waals surface area contributed by atoms with E-state index in [1.54, 1.807) is 0 Å². The van der Waals surface area contributed by atoms with Gasteiger partial charge in [0.1, 0.15) is 5.69 Å². The minimum atomic E-state index is -0.429. The summed E-state index contributed by atoms with van der Waals surface area (Å²) in [7, 11) is 0. The Hall–Kier alpha value is -6.69. The van der Waals surface area contributed by atoms with Crippen LogP contribution in [0.1, 0.15) is 52.8 Å². The van der Waals surface area contributed by atoms with Gasteiger partial charge in [-0.2, -0.15) is 10.4 Å². The van der Waals surface area contributed by atoms with Crippen molar-refractivity contribution in [3.05, 3.63) is 178 Å². The number of aromatic nitrogens is 2. The second kappa shape index (κ2) is 12.8. The highest BCUT2D eigenvalue weighted by atomic mass is 15.3. The standard InChI is InChI=1S/C48H39N5/c1-30-32(3)46(52-41-25-23-34(29-49)27-39(41)48(5,6)40-28-37(50-7)24-26-42(40)52)33(4)31(2)43(30)44-45(35-17-11-8-12-18-35)51-53(38-21-15-10-16-22-38)47(44)36-19-13-9-14-20-36/h8-28H,1-6H3. The molecule has 0 fully saturated rings. The van der Waals surface area contributed by atoms with Crippen LogP contribution >= 0.6 is 0 Å². The van der Waals surface area contributed by atoms with Crippen LogP contribution in [0.15, 0.2) is 127 Å². The van der Waals surface area contributed by atoms with E-state index >= 15 is 0 Å². The van der Waals surface area contributed by atoms with Crippen LogP contribution in [0.3, 0.4) is 0 Å². The highest BCUT2D eigenvalue weighted by Gasteiger charge is 2.39. The van der Waals surface area contributed by atoms with Crippen molar-refractivity contribution in [3.63, 3.8) is 0 Å². The number of nitriles is 1. The molecule has 0 atom stereocenters. The highest BCUT2D eigenvalue weighted by Crippen LogP contribution is 2.56. The van der Waals surface area contributed by atoms with Gasteiger partial charge in [0.25, 0.3) is 0 Å². The molecular weight excluding hydrogens is 647 g/mol. The Morgan fingerprint density at radius 3 is 1.77 bits per heavy atom. The lowest BCUT2D eigenvalue weighted by Crippen LogP contribution is -2.31. The summed E-state index contributed by atoms with van der Waals surface area (Å²) in [6.45, 7) is 21.1. The van der Waals surface area contributed by atoms with E-state index in [1.165, 1.54) is 16.7 Å². The van der Waals surface area contributed by atoms with E-state index in [4.69, 9.17) is 11.7 Å². The van der Waals surface area contributed by atoms with Crippen LogP contribution in [0.2, 0.25) is 0 Å². The minimum Gasteiger partial charge on any atom is -0.309 e. The zero-order valence-electron chi connectivity index (χ0n) is 30.9. The first-order valence-corrected chi connectivity index (χ1v) is 17.9. The molecule has 0 saturated carbocycles. The molecule has 5 nitrogen and oxygen atoms in total. The summed E-state index contributed by atoms with van der Waals surface area (Å²) in [4.78, 5) is 6.17. The fraction of sp³-hybridized carbons (Fsp3) is 0.146. The van der Waals surface area contributed by atoms with Gasteiger partial charge in [0, 0.05) is 27.8 Å². The number of rotatable bonds is 5.